The van der Waals surface area contributed by atoms with Gasteiger partial charge in [0, 0.05) is 25.6 Å². The molecule has 0 saturated heterocycles. The summed E-state index contributed by atoms with van der Waals surface area (Å²) in [7, 11) is -2.00. The van der Waals surface area contributed by atoms with Crippen LogP contribution in [0.25, 0.3) is 0 Å². The number of sulfonamides is 1. The zero-order valence-corrected chi connectivity index (χ0v) is 10.1. The fourth-order valence-corrected chi connectivity index (χ4v) is 2.60. The van der Waals surface area contributed by atoms with Crippen LogP contribution in [0, 0.1) is 6.92 Å². The van der Waals surface area contributed by atoms with Gasteiger partial charge in [-0.25, -0.2) is 13.4 Å². The Labute approximate surface area is 98.6 Å². The number of nitrogens with zero attached hydrogens (tertiary/aromatic N) is 4. The molecule has 0 bridgehead atoms. The smallest absolute Gasteiger partial charge is 0.266 e. The summed E-state index contributed by atoms with van der Waals surface area (Å²) >= 11 is 0. The summed E-state index contributed by atoms with van der Waals surface area (Å²) in [6.07, 6.45) is 5.65. The molecule has 2 rings (SSSR count). The van der Waals surface area contributed by atoms with Crippen LogP contribution in [0.15, 0.2) is 29.7 Å². The van der Waals surface area contributed by atoms with Crippen LogP contribution in [0.4, 0.5) is 5.82 Å². The Morgan fingerprint density at radius 1 is 1.35 bits per heavy atom. The van der Waals surface area contributed by atoms with Crippen molar-refractivity contribution in [1.82, 2.24) is 19.7 Å². The Hall–Kier alpha value is -1.96. The first-order valence-electron chi connectivity index (χ1n) is 4.78. The van der Waals surface area contributed by atoms with Crippen LogP contribution in [0.2, 0.25) is 0 Å². The Morgan fingerprint density at radius 2 is 2.12 bits per heavy atom. The molecule has 2 aromatic heterocycles. The molecule has 0 fully saturated rings. The second-order valence-corrected chi connectivity index (χ2v) is 5.10. The number of aryl methyl sites for hydroxylation is 2. The van der Waals surface area contributed by atoms with Crippen LogP contribution in [0.5, 0.6) is 0 Å². The SMILES string of the molecule is Cc1nn(C)cc1S(=O)(=O)Nc1cnccn1. The Morgan fingerprint density at radius 3 is 2.65 bits per heavy atom. The third-order valence-electron chi connectivity index (χ3n) is 2.06. The zero-order valence-electron chi connectivity index (χ0n) is 9.32. The van der Waals surface area contributed by atoms with Gasteiger partial charge >= 0.3 is 0 Å². The molecule has 0 unspecified atom stereocenters. The first kappa shape index (κ1) is 11.5. The van der Waals surface area contributed by atoms with Gasteiger partial charge in [0.25, 0.3) is 10.0 Å². The molecular formula is C9H11N5O2S. The summed E-state index contributed by atoms with van der Waals surface area (Å²) < 4.78 is 27.8. The summed E-state index contributed by atoms with van der Waals surface area (Å²) in [6, 6.07) is 0. The van der Waals surface area contributed by atoms with Crippen molar-refractivity contribution >= 4 is 15.8 Å². The highest BCUT2D eigenvalue weighted by molar-refractivity contribution is 7.92. The molecule has 17 heavy (non-hydrogen) atoms. The minimum absolute atomic E-state index is 0.130. The van der Waals surface area contributed by atoms with E-state index >= 15 is 0 Å². The standard InChI is InChI=1S/C9H11N5O2S/c1-7-8(6-14(2)12-7)17(15,16)13-9-5-10-3-4-11-9/h3-6H,1-2H3,(H,11,13). The lowest BCUT2D eigenvalue weighted by Gasteiger charge is -2.04. The third-order valence-corrected chi connectivity index (χ3v) is 3.52. The van der Waals surface area contributed by atoms with Gasteiger partial charge in [-0.05, 0) is 6.92 Å². The lowest BCUT2D eigenvalue weighted by molar-refractivity contribution is 0.600. The molecule has 0 aliphatic rings. The number of hydrogen-bond acceptors (Lipinski definition) is 5. The predicted octanol–water partition coefficient (Wildman–Crippen LogP) is 0.319. The van der Waals surface area contributed by atoms with E-state index in [0.29, 0.717) is 5.69 Å². The van der Waals surface area contributed by atoms with Crippen molar-refractivity contribution in [2.45, 2.75) is 11.8 Å². The van der Waals surface area contributed by atoms with Gasteiger partial charge in [0.2, 0.25) is 0 Å². The van der Waals surface area contributed by atoms with Crippen molar-refractivity contribution in [3.8, 4) is 0 Å². The molecule has 0 aliphatic carbocycles. The number of anilines is 1. The Bertz CT molecular complexity index is 620. The lowest BCUT2D eigenvalue weighted by Crippen LogP contribution is -2.14. The van der Waals surface area contributed by atoms with Gasteiger partial charge < -0.3 is 0 Å². The van der Waals surface area contributed by atoms with Gasteiger partial charge in [0.05, 0.1) is 11.9 Å². The van der Waals surface area contributed by atoms with E-state index in [1.807, 2.05) is 0 Å². The van der Waals surface area contributed by atoms with Gasteiger partial charge in [-0.2, -0.15) is 5.10 Å². The van der Waals surface area contributed by atoms with Crippen LogP contribution in [0.1, 0.15) is 5.69 Å². The molecule has 1 N–H and O–H groups in total. The molecule has 0 spiro atoms. The second kappa shape index (κ2) is 4.13. The van der Waals surface area contributed by atoms with E-state index in [1.165, 1.54) is 29.5 Å². The maximum absolute atomic E-state index is 12.0. The van der Waals surface area contributed by atoms with E-state index < -0.39 is 10.0 Å². The minimum Gasteiger partial charge on any atom is -0.274 e. The first-order chi connectivity index (χ1) is 7.99. The number of nitrogens with one attached hydrogen (secondary N) is 1. The predicted molar refractivity (Wildman–Crippen MR) is 60.8 cm³/mol. The van der Waals surface area contributed by atoms with Gasteiger partial charge in [-0.3, -0.25) is 14.4 Å². The quantitative estimate of drug-likeness (QED) is 0.850. The van der Waals surface area contributed by atoms with Crippen molar-refractivity contribution in [2.24, 2.45) is 7.05 Å². The highest BCUT2D eigenvalue weighted by Crippen LogP contribution is 2.15. The average molecular weight is 253 g/mol. The van der Waals surface area contributed by atoms with Crippen molar-refractivity contribution in [3.63, 3.8) is 0 Å². The van der Waals surface area contributed by atoms with E-state index in [2.05, 4.69) is 19.8 Å². The lowest BCUT2D eigenvalue weighted by atomic mass is 10.5. The van der Waals surface area contributed by atoms with Crippen molar-refractivity contribution in [1.29, 1.82) is 0 Å². The fourth-order valence-electron chi connectivity index (χ4n) is 1.39. The fraction of sp³-hybridized carbons (Fsp3) is 0.222. The van der Waals surface area contributed by atoms with E-state index in [1.54, 1.807) is 14.0 Å². The second-order valence-electron chi connectivity index (χ2n) is 3.45. The van der Waals surface area contributed by atoms with Gasteiger partial charge in [0.15, 0.2) is 5.82 Å². The third kappa shape index (κ3) is 2.41. The van der Waals surface area contributed by atoms with Crippen molar-refractivity contribution < 1.29 is 8.42 Å². The van der Waals surface area contributed by atoms with Gasteiger partial charge in [-0.1, -0.05) is 0 Å². The molecule has 0 amide bonds. The molecule has 90 valence electrons. The van der Waals surface area contributed by atoms with E-state index in [-0.39, 0.29) is 10.7 Å². The summed E-state index contributed by atoms with van der Waals surface area (Å²) in [4.78, 5) is 7.76. The van der Waals surface area contributed by atoms with E-state index in [9.17, 15) is 8.42 Å². The van der Waals surface area contributed by atoms with Crippen molar-refractivity contribution in [3.05, 3.63) is 30.5 Å². The number of hydrogen-bond donors (Lipinski definition) is 1. The molecule has 0 aliphatic heterocycles. The van der Waals surface area contributed by atoms with Crippen LogP contribution in [-0.2, 0) is 17.1 Å². The van der Waals surface area contributed by atoms with Crippen molar-refractivity contribution in [2.75, 3.05) is 4.72 Å². The molecule has 0 saturated carbocycles. The van der Waals surface area contributed by atoms with Crippen LogP contribution in [-0.4, -0.2) is 28.2 Å². The highest BCUT2D eigenvalue weighted by atomic mass is 32.2. The normalized spacial score (nSPS) is 11.4. The zero-order chi connectivity index (χ0) is 12.5. The van der Waals surface area contributed by atoms with Crippen LogP contribution < -0.4 is 4.72 Å². The largest absolute Gasteiger partial charge is 0.274 e. The summed E-state index contributed by atoms with van der Waals surface area (Å²) in [6.45, 7) is 1.63. The number of aromatic nitrogens is 4. The Balaban J connectivity index is 2.35. The Kier molecular flexibility index (Phi) is 2.80. The molecule has 0 aromatic carbocycles. The average Bonchev–Trinajstić information content (AvgIpc) is 2.59. The maximum atomic E-state index is 12.0. The van der Waals surface area contributed by atoms with E-state index in [4.69, 9.17) is 0 Å². The molecule has 0 atom stereocenters. The van der Waals surface area contributed by atoms with E-state index in [0.717, 1.165) is 0 Å². The maximum Gasteiger partial charge on any atom is 0.266 e. The van der Waals surface area contributed by atoms with Gasteiger partial charge in [0.1, 0.15) is 4.90 Å². The molecule has 7 nitrogen and oxygen atoms in total. The highest BCUT2D eigenvalue weighted by Gasteiger charge is 2.20. The molecule has 2 aromatic rings. The molecule has 8 heteroatoms. The molecule has 2 heterocycles. The monoisotopic (exact) mass is 253 g/mol. The minimum atomic E-state index is -3.66. The molecular weight excluding hydrogens is 242 g/mol. The van der Waals surface area contributed by atoms with Crippen LogP contribution >= 0.6 is 0 Å². The first-order valence-corrected chi connectivity index (χ1v) is 6.26. The van der Waals surface area contributed by atoms with Gasteiger partial charge in [-0.15, -0.1) is 0 Å². The summed E-state index contributed by atoms with van der Waals surface area (Å²) in [5, 5.41) is 3.98. The van der Waals surface area contributed by atoms with Crippen LogP contribution in [0.3, 0.4) is 0 Å². The molecule has 0 radical (unpaired) electrons. The number of rotatable bonds is 3. The summed E-state index contributed by atoms with van der Waals surface area (Å²) in [5.41, 5.74) is 0.434. The topological polar surface area (TPSA) is 89.8 Å². The summed E-state index contributed by atoms with van der Waals surface area (Å²) in [5.74, 6) is 0.177.